The normalized spacial score (nSPS) is 12.1. The van der Waals surface area contributed by atoms with Crippen molar-refractivity contribution in [1.82, 2.24) is 28.7 Å². The summed E-state index contributed by atoms with van der Waals surface area (Å²) in [7, 11) is 0. The van der Waals surface area contributed by atoms with Crippen LogP contribution in [0.2, 0.25) is 0 Å². The highest BCUT2D eigenvalue weighted by Gasteiger charge is 2.25. The molecule has 0 spiro atoms. The Kier molecular flexibility index (Phi) is 7.46. The van der Waals surface area contributed by atoms with Crippen LogP contribution in [0, 0.1) is 0 Å². The van der Waals surface area contributed by atoms with E-state index in [4.69, 9.17) is 15.0 Å². The molecule has 14 aromatic rings. The third-order valence-corrected chi connectivity index (χ3v) is 14.1. The predicted octanol–water partition coefficient (Wildman–Crippen LogP) is 14.9. The molecule has 298 valence electrons. The maximum absolute atomic E-state index is 5.51. The first-order valence-corrected chi connectivity index (χ1v) is 22.4. The molecule has 0 saturated carbocycles. The largest absolute Gasteiger partial charge is 0.309 e. The molecule has 14 rings (SSSR count). The second-order valence-corrected chi connectivity index (χ2v) is 17.5. The van der Waals surface area contributed by atoms with E-state index < -0.39 is 0 Å². The van der Waals surface area contributed by atoms with Gasteiger partial charge in [-0.25, -0.2) is 4.98 Å². The molecule has 5 heterocycles. The summed E-state index contributed by atoms with van der Waals surface area (Å²) in [6.07, 6.45) is 0. The standard InChI is InChI=1S/C57H34N6S/c1-2-16-35(17-3-1)55-58-56(36-32-33-52-43(34-36)41-22-8-13-31-51(41)64-52)60-57(59-55)63-49-29-15-28-48(61-44-24-9-4-18-37(44)38-19-5-10-25-45(38)61)53(49)42-23-14-30-50(54(42)63)62-46-26-11-6-20-39(46)40-21-7-12-27-47(40)62/h1-34H. The summed E-state index contributed by atoms with van der Waals surface area (Å²) in [5, 5.41) is 9.48. The van der Waals surface area contributed by atoms with Gasteiger partial charge >= 0.3 is 0 Å². The molecular weight excluding hydrogens is 801 g/mol. The summed E-state index contributed by atoms with van der Waals surface area (Å²) in [6.45, 7) is 0. The molecule has 9 aromatic carbocycles. The number of rotatable bonds is 5. The summed E-state index contributed by atoms with van der Waals surface area (Å²) in [5.41, 5.74) is 10.6. The number of thiophene rings is 1. The van der Waals surface area contributed by atoms with Gasteiger partial charge in [-0.15, -0.1) is 11.3 Å². The van der Waals surface area contributed by atoms with Crippen molar-refractivity contribution in [3.05, 3.63) is 206 Å². The molecule has 0 unspecified atom stereocenters. The summed E-state index contributed by atoms with van der Waals surface area (Å²) >= 11 is 1.81. The van der Waals surface area contributed by atoms with Crippen molar-refractivity contribution in [1.29, 1.82) is 0 Å². The van der Waals surface area contributed by atoms with Crippen LogP contribution in [0.15, 0.2) is 206 Å². The molecule has 0 aliphatic heterocycles. The molecular formula is C57H34N6S. The fourth-order valence-electron chi connectivity index (χ4n) is 10.2. The molecule has 5 aromatic heterocycles. The highest BCUT2D eigenvalue weighted by atomic mass is 32.1. The zero-order valence-corrected chi connectivity index (χ0v) is 35.0. The lowest BCUT2D eigenvalue weighted by Crippen LogP contribution is -2.08. The second-order valence-electron chi connectivity index (χ2n) is 16.4. The first-order valence-electron chi connectivity index (χ1n) is 21.5. The minimum absolute atomic E-state index is 0.548. The molecule has 0 aliphatic carbocycles. The fraction of sp³-hybridized carbons (Fsp3) is 0. The van der Waals surface area contributed by atoms with E-state index >= 15 is 0 Å². The van der Waals surface area contributed by atoms with Crippen molar-refractivity contribution in [2.75, 3.05) is 0 Å². The Bertz CT molecular complexity index is 4100. The Hall–Kier alpha value is -8.39. The van der Waals surface area contributed by atoms with Crippen molar-refractivity contribution in [3.8, 4) is 40.1 Å². The number of hydrogen-bond donors (Lipinski definition) is 0. The van der Waals surface area contributed by atoms with Crippen molar-refractivity contribution < 1.29 is 0 Å². The van der Waals surface area contributed by atoms with Gasteiger partial charge in [-0.2, -0.15) is 9.97 Å². The topological polar surface area (TPSA) is 53.5 Å². The Labute approximate surface area is 370 Å². The Morgan fingerprint density at radius 3 is 1.45 bits per heavy atom. The molecule has 64 heavy (non-hydrogen) atoms. The molecule has 0 amide bonds. The highest BCUT2D eigenvalue weighted by Crippen LogP contribution is 2.44. The fourth-order valence-corrected chi connectivity index (χ4v) is 11.3. The predicted molar refractivity (Wildman–Crippen MR) is 267 cm³/mol. The van der Waals surface area contributed by atoms with Gasteiger partial charge in [0.1, 0.15) is 0 Å². The molecule has 0 atom stereocenters. The monoisotopic (exact) mass is 834 g/mol. The number of aromatic nitrogens is 6. The van der Waals surface area contributed by atoms with Gasteiger partial charge in [-0.3, -0.25) is 4.57 Å². The van der Waals surface area contributed by atoms with Crippen LogP contribution in [0.4, 0.5) is 0 Å². The van der Waals surface area contributed by atoms with Crippen LogP contribution in [-0.4, -0.2) is 28.7 Å². The van der Waals surface area contributed by atoms with Crippen LogP contribution in [0.3, 0.4) is 0 Å². The van der Waals surface area contributed by atoms with E-state index in [9.17, 15) is 0 Å². The lowest BCUT2D eigenvalue weighted by Gasteiger charge is -2.14. The zero-order chi connectivity index (χ0) is 41.9. The third kappa shape index (κ3) is 5.04. The van der Waals surface area contributed by atoms with Gasteiger partial charge in [-0.05, 0) is 66.7 Å². The molecule has 6 nitrogen and oxygen atoms in total. The van der Waals surface area contributed by atoms with Gasteiger partial charge in [0.05, 0.1) is 44.5 Å². The van der Waals surface area contributed by atoms with Crippen LogP contribution < -0.4 is 0 Å². The van der Waals surface area contributed by atoms with E-state index in [2.05, 4.69) is 202 Å². The molecule has 7 heteroatoms. The van der Waals surface area contributed by atoms with E-state index in [1.165, 1.54) is 41.7 Å². The minimum atomic E-state index is 0.548. The number of hydrogen-bond acceptors (Lipinski definition) is 4. The van der Waals surface area contributed by atoms with E-state index in [0.29, 0.717) is 17.6 Å². The highest BCUT2D eigenvalue weighted by molar-refractivity contribution is 7.25. The first-order chi connectivity index (χ1) is 31.8. The van der Waals surface area contributed by atoms with E-state index in [1.54, 1.807) is 0 Å². The maximum atomic E-state index is 5.51. The van der Waals surface area contributed by atoms with Gasteiger partial charge < -0.3 is 9.13 Å². The van der Waals surface area contributed by atoms with Crippen molar-refractivity contribution >= 4 is 96.9 Å². The van der Waals surface area contributed by atoms with E-state index in [-0.39, 0.29) is 0 Å². The molecule has 0 N–H and O–H groups in total. The average Bonchev–Trinajstić information content (AvgIpc) is 4.10. The molecule has 0 bridgehead atoms. The van der Waals surface area contributed by atoms with Gasteiger partial charge in [-0.1, -0.05) is 140 Å². The van der Waals surface area contributed by atoms with Gasteiger partial charge in [0.2, 0.25) is 5.95 Å². The average molecular weight is 835 g/mol. The Balaban J connectivity index is 1.14. The van der Waals surface area contributed by atoms with Crippen LogP contribution >= 0.6 is 11.3 Å². The van der Waals surface area contributed by atoms with Crippen LogP contribution in [0.5, 0.6) is 0 Å². The van der Waals surface area contributed by atoms with Crippen molar-refractivity contribution in [3.63, 3.8) is 0 Å². The van der Waals surface area contributed by atoms with Crippen LogP contribution in [0.1, 0.15) is 0 Å². The summed E-state index contributed by atoms with van der Waals surface area (Å²) in [5.74, 6) is 1.77. The maximum Gasteiger partial charge on any atom is 0.238 e. The number of fused-ring (bicyclic) bond motifs is 12. The lowest BCUT2D eigenvalue weighted by atomic mass is 10.1. The molecule has 0 aliphatic rings. The first kappa shape index (κ1) is 35.2. The van der Waals surface area contributed by atoms with Gasteiger partial charge in [0, 0.05) is 63.6 Å². The summed E-state index contributed by atoms with van der Waals surface area (Å²) in [4.78, 5) is 16.2. The molecule has 0 radical (unpaired) electrons. The minimum Gasteiger partial charge on any atom is -0.309 e. The Morgan fingerprint density at radius 1 is 0.312 bits per heavy atom. The lowest BCUT2D eigenvalue weighted by molar-refractivity contribution is 0.950. The number of nitrogens with zero attached hydrogens (tertiary/aromatic N) is 6. The van der Waals surface area contributed by atoms with E-state index in [1.807, 2.05) is 29.5 Å². The summed E-state index contributed by atoms with van der Waals surface area (Å²) in [6, 6.07) is 73.7. The number of para-hydroxylation sites is 5. The van der Waals surface area contributed by atoms with Crippen molar-refractivity contribution in [2.45, 2.75) is 0 Å². The van der Waals surface area contributed by atoms with Gasteiger partial charge in [0.25, 0.3) is 0 Å². The third-order valence-electron chi connectivity index (χ3n) is 12.9. The SMILES string of the molecule is c1ccc(-c2nc(-c3ccc4sc5ccccc5c4c3)nc(-n3c4cccc(-n5c6ccccc6c6ccccc65)c4c4cccc(-n5c6ccccc6c6ccccc65)c43)n2)cc1. The summed E-state index contributed by atoms with van der Waals surface area (Å²) < 4.78 is 9.63. The van der Waals surface area contributed by atoms with Crippen molar-refractivity contribution in [2.24, 2.45) is 0 Å². The quantitative estimate of drug-likeness (QED) is 0.174. The van der Waals surface area contributed by atoms with Gasteiger partial charge in [0.15, 0.2) is 11.6 Å². The molecule has 0 fully saturated rings. The van der Waals surface area contributed by atoms with Crippen LogP contribution in [-0.2, 0) is 0 Å². The second kappa shape index (κ2) is 13.6. The zero-order valence-electron chi connectivity index (χ0n) is 34.2. The smallest absolute Gasteiger partial charge is 0.238 e. The molecule has 0 saturated heterocycles. The number of benzene rings is 9. The van der Waals surface area contributed by atoms with Crippen LogP contribution in [0.25, 0.3) is 126 Å². The van der Waals surface area contributed by atoms with E-state index in [0.717, 1.165) is 66.4 Å². The Morgan fingerprint density at radius 2 is 0.797 bits per heavy atom.